The molecular weight excluding hydrogens is 414 g/mol. The summed E-state index contributed by atoms with van der Waals surface area (Å²) in [6.45, 7) is 0. The van der Waals surface area contributed by atoms with Gasteiger partial charge in [0.15, 0.2) is 17.4 Å². The predicted octanol–water partition coefficient (Wildman–Crippen LogP) is 2.85. The maximum atomic E-state index is 14.2. The summed E-state index contributed by atoms with van der Waals surface area (Å²) >= 11 is 0. The molecule has 8 nitrogen and oxygen atoms in total. The number of carbonyl (C=O) groups excluding carboxylic acids is 1. The third kappa shape index (κ3) is 3.24. The molecule has 2 aliphatic rings. The first-order valence-corrected chi connectivity index (χ1v) is 8.68. The quantitative estimate of drug-likeness (QED) is 0.171. The molecule has 0 fully saturated rings. The number of phenolic OH excluding ortho intramolecular Hbond substituents is 1. The van der Waals surface area contributed by atoms with Crippen molar-refractivity contribution in [1.82, 2.24) is 5.43 Å². The van der Waals surface area contributed by atoms with Gasteiger partial charge in [-0.05, 0) is 29.8 Å². The zero-order chi connectivity index (χ0) is 22.4. The van der Waals surface area contributed by atoms with E-state index >= 15 is 0 Å². The minimum Gasteiger partial charge on any atom is -0.505 e. The number of phenols is 1. The number of aromatic carboxylic acids is 1. The number of hydrogen-bond acceptors (Lipinski definition) is 6. The average Bonchev–Trinajstić information content (AvgIpc) is 2.73. The van der Waals surface area contributed by atoms with Crippen LogP contribution in [-0.4, -0.2) is 22.1 Å². The Labute approximate surface area is 171 Å². The van der Waals surface area contributed by atoms with E-state index in [-0.39, 0.29) is 44.5 Å². The highest BCUT2D eigenvalue weighted by Crippen LogP contribution is 2.43. The lowest BCUT2D eigenvalue weighted by molar-refractivity contribution is 0.0697. The number of benzene rings is 3. The van der Waals surface area contributed by atoms with E-state index in [0.29, 0.717) is 0 Å². The minimum atomic E-state index is -1.43. The Balaban J connectivity index is 2.19. The van der Waals surface area contributed by atoms with Gasteiger partial charge in [-0.3, -0.25) is 15.0 Å². The zero-order valence-electron chi connectivity index (χ0n) is 15.4. The summed E-state index contributed by atoms with van der Waals surface area (Å²) in [5.41, 5.74) is 0.434. The van der Waals surface area contributed by atoms with Gasteiger partial charge in [0.1, 0.15) is 11.3 Å². The highest BCUT2D eigenvalue weighted by molar-refractivity contribution is 6.09. The molecule has 0 atom stereocenters. The van der Waals surface area contributed by atoms with Crippen LogP contribution < -0.4 is 16.7 Å². The van der Waals surface area contributed by atoms with Crippen molar-refractivity contribution in [2.24, 2.45) is 5.84 Å². The van der Waals surface area contributed by atoms with Crippen LogP contribution >= 0.6 is 0 Å². The van der Waals surface area contributed by atoms with Crippen molar-refractivity contribution >= 4 is 22.8 Å². The molecule has 0 unspecified atom stereocenters. The van der Waals surface area contributed by atoms with Gasteiger partial charge in [-0.1, -0.05) is 6.07 Å². The molecule has 1 heterocycles. The van der Waals surface area contributed by atoms with Gasteiger partial charge in [0, 0.05) is 34.2 Å². The van der Waals surface area contributed by atoms with Crippen LogP contribution in [0.4, 0.5) is 8.78 Å². The smallest absolute Gasteiger partial charge is 0.336 e. The van der Waals surface area contributed by atoms with Crippen molar-refractivity contribution in [3.8, 4) is 28.2 Å². The number of fused-ring (bicyclic) bond motifs is 2. The maximum Gasteiger partial charge on any atom is 0.336 e. The van der Waals surface area contributed by atoms with E-state index in [2.05, 4.69) is 0 Å². The minimum absolute atomic E-state index is 0.00462. The molecule has 10 heteroatoms. The van der Waals surface area contributed by atoms with E-state index in [1.165, 1.54) is 12.1 Å². The number of amides is 1. The first-order valence-electron chi connectivity index (χ1n) is 8.68. The second-order valence-corrected chi connectivity index (χ2v) is 6.59. The lowest BCUT2D eigenvalue weighted by atomic mass is 9.89. The second-order valence-electron chi connectivity index (χ2n) is 6.59. The number of rotatable bonds is 3. The predicted molar refractivity (Wildman–Crippen MR) is 105 cm³/mol. The lowest BCUT2D eigenvalue weighted by Gasteiger charge is -2.17. The van der Waals surface area contributed by atoms with Crippen LogP contribution in [0.25, 0.3) is 33.4 Å². The first kappa shape index (κ1) is 20.0. The summed E-state index contributed by atoms with van der Waals surface area (Å²) in [5, 5.41) is 19.4. The normalized spacial score (nSPS) is 11.1. The summed E-state index contributed by atoms with van der Waals surface area (Å²) in [4.78, 5) is 35.5. The number of nitrogen functional groups attached to an aromatic ring is 1. The van der Waals surface area contributed by atoms with Crippen molar-refractivity contribution in [3.63, 3.8) is 0 Å². The molecule has 0 saturated heterocycles. The molecule has 0 bridgehead atoms. The first-order chi connectivity index (χ1) is 14.7. The number of carboxylic acid groups (broad SMARTS) is 1. The third-order valence-electron chi connectivity index (χ3n) is 4.75. The van der Waals surface area contributed by atoms with E-state index in [0.717, 1.165) is 30.3 Å². The summed E-state index contributed by atoms with van der Waals surface area (Å²) in [7, 11) is 0. The molecule has 1 aliphatic carbocycles. The van der Waals surface area contributed by atoms with Crippen LogP contribution in [0.2, 0.25) is 0 Å². The standard InChI is InChI=1S/C21H12F2N2O6/c22-13-4-11-17(6-15(13)26)31-18-7-16(27)14(23)5-12(18)19(11)9-2-1-8(20(28)25-24)3-10(9)21(29)30/h1-7,26H,24H2,(H,25,28)(H,29,30). The van der Waals surface area contributed by atoms with Crippen LogP contribution in [0.3, 0.4) is 0 Å². The van der Waals surface area contributed by atoms with Crippen molar-refractivity contribution in [2.45, 2.75) is 0 Å². The molecule has 0 radical (unpaired) electrons. The molecule has 5 N–H and O–H groups in total. The molecule has 0 aromatic heterocycles. The fourth-order valence-corrected chi connectivity index (χ4v) is 3.35. The number of hydrazine groups is 1. The highest BCUT2D eigenvalue weighted by atomic mass is 19.1. The number of carboxylic acids is 1. The molecule has 4 rings (SSSR count). The van der Waals surface area contributed by atoms with Gasteiger partial charge in [-0.2, -0.15) is 0 Å². The Bertz CT molecular complexity index is 1430. The van der Waals surface area contributed by atoms with Crippen molar-refractivity contribution in [3.05, 3.63) is 75.4 Å². The maximum absolute atomic E-state index is 14.2. The fraction of sp³-hybridized carbons (Fsp3) is 0. The second kappa shape index (κ2) is 7.18. The summed E-state index contributed by atoms with van der Waals surface area (Å²) in [6, 6.07) is 7.18. The van der Waals surface area contributed by atoms with E-state index in [4.69, 9.17) is 10.3 Å². The number of halogens is 2. The number of aromatic hydroxyl groups is 1. The van der Waals surface area contributed by atoms with Gasteiger partial charge in [0.2, 0.25) is 5.43 Å². The topological polar surface area (TPSA) is 143 Å². The number of carbonyl (C=O) groups is 2. The van der Waals surface area contributed by atoms with E-state index < -0.39 is 34.7 Å². The van der Waals surface area contributed by atoms with E-state index in [9.17, 15) is 33.4 Å². The Kier molecular flexibility index (Phi) is 4.63. The fourth-order valence-electron chi connectivity index (χ4n) is 3.35. The molecular formula is C21H12F2N2O6. The Morgan fingerprint density at radius 1 is 1.00 bits per heavy atom. The van der Waals surface area contributed by atoms with Crippen LogP contribution in [-0.2, 0) is 0 Å². The largest absolute Gasteiger partial charge is 0.505 e. The molecule has 31 heavy (non-hydrogen) atoms. The molecule has 0 saturated carbocycles. The molecule has 2 aromatic rings. The summed E-state index contributed by atoms with van der Waals surface area (Å²) in [6.07, 6.45) is 0. The van der Waals surface area contributed by atoms with Crippen molar-refractivity contribution in [2.75, 3.05) is 0 Å². The van der Waals surface area contributed by atoms with Crippen molar-refractivity contribution in [1.29, 1.82) is 0 Å². The van der Waals surface area contributed by atoms with Gasteiger partial charge < -0.3 is 14.6 Å². The Hall–Kier alpha value is -4.31. The van der Waals surface area contributed by atoms with Gasteiger partial charge in [0.05, 0.1) is 5.56 Å². The SMILES string of the molecule is NNC(=O)c1ccc(-c2c3cc(F)c(=O)cc-3oc3cc(O)c(F)cc23)c(C(=O)O)c1. The molecule has 1 aliphatic heterocycles. The third-order valence-corrected chi connectivity index (χ3v) is 4.75. The van der Waals surface area contributed by atoms with Gasteiger partial charge >= 0.3 is 5.97 Å². The highest BCUT2D eigenvalue weighted by Gasteiger charge is 2.25. The molecule has 0 spiro atoms. The van der Waals surface area contributed by atoms with Crippen LogP contribution in [0, 0.1) is 11.6 Å². The molecule has 2 aromatic carbocycles. The average molecular weight is 426 g/mol. The zero-order valence-corrected chi connectivity index (χ0v) is 15.4. The summed E-state index contributed by atoms with van der Waals surface area (Å²) in [5.74, 6) is -0.0802. The van der Waals surface area contributed by atoms with Crippen LogP contribution in [0.1, 0.15) is 20.7 Å². The van der Waals surface area contributed by atoms with Gasteiger partial charge in [-0.25, -0.2) is 19.4 Å². The monoisotopic (exact) mass is 426 g/mol. The Morgan fingerprint density at radius 3 is 2.42 bits per heavy atom. The lowest BCUT2D eigenvalue weighted by Crippen LogP contribution is -2.30. The van der Waals surface area contributed by atoms with Crippen molar-refractivity contribution < 1.29 is 33.0 Å². The van der Waals surface area contributed by atoms with Crippen LogP contribution in [0.5, 0.6) is 5.75 Å². The molecule has 156 valence electrons. The number of nitrogens with one attached hydrogen (secondary N) is 1. The van der Waals surface area contributed by atoms with E-state index in [1.54, 1.807) is 0 Å². The van der Waals surface area contributed by atoms with Gasteiger partial charge in [-0.15, -0.1) is 0 Å². The summed E-state index contributed by atoms with van der Waals surface area (Å²) < 4.78 is 33.8. The number of nitrogens with two attached hydrogens (primary N) is 1. The molecule has 1 amide bonds. The number of hydrogen-bond donors (Lipinski definition) is 4. The van der Waals surface area contributed by atoms with Crippen LogP contribution in [0.15, 0.2) is 51.7 Å². The van der Waals surface area contributed by atoms with Gasteiger partial charge in [0.25, 0.3) is 5.91 Å². The Morgan fingerprint density at radius 2 is 1.74 bits per heavy atom. The van der Waals surface area contributed by atoms with E-state index in [1.807, 2.05) is 5.43 Å².